The highest BCUT2D eigenvalue weighted by molar-refractivity contribution is 7.92. The van der Waals surface area contributed by atoms with Crippen LogP contribution in [-0.2, 0) is 21.4 Å². The van der Waals surface area contributed by atoms with Gasteiger partial charge in [0.2, 0.25) is 10.0 Å². The van der Waals surface area contributed by atoms with Crippen molar-refractivity contribution in [2.24, 2.45) is 0 Å². The molecule has 0 bridgehead atoms. The highest BCUT2D eigenvalue weighted by atomic mass is 32.2. The summed E-state index contributed by atoms with van der Waals surface area (Å²) in [7, 11) is -3.40. The second-order valence-electron chi connectivity index (χ2n) is 6.82. The van der Waals surface area contributed by atoms with Crippen LogP contribution in [0.1, 0.15) is 42.9 Å². The summed E-state index contributed by atoms with van der Waals surface area (Å²) in [4.78, 5) is 4.19. The fourth-order valence-corrected chi connectivity index (χ4v) is 4.00. The molecule has 0 unspecified atom stereocenters. The summed E-state index contributed by atoms with van der Waals surface area (Å²) in [6, 6.07) is 6.86. The predicted molar refractivity (Wildman–Crippen MR) is 98.8 cm³/mol. The first-order valence-electron chi connectivity index (χ1n) is 8.80. The number of hydrogen-bond acceptors (Lipinski definition) is 4. The van der Waals surface area contributed by atoms with Gasteiger partial charge in [-0.2, -0.15) is 0 Å². The fraction of sp³-hybridized carbons (Fsp3) is 0.421. The van der Waals surface area contributed by atoms with Crippen molar-refractivity contribution >= 4 is 15.7 Å². The lowest BCUT2D eigenvalue weighted by Gasteiger charge is -2.29. The van der Waals surface area contributed by atoms with Crippen LogP contribution in [0, 0.1) is 11.6 Å². The Morgan fingerprint density at radius 2 is 1.93 bits per heavy atom. The Morgan fingerprint density at radius 3 is 2.63 bits per heavy atom. The van der Waals surface area contributed by atoms with Gasteiger partial charge in [-0.3, -0.25) is 9.71 Å². The Hall–Kier alpha value is -2.06. The van der Waals surface area contributed by atoms with Crippen molar-refractivity contribution < 1.29 is 21.9 Å². The van der Waals surface area contributed by atoms with Crippen molar-refractivity contribution in [3.8, 4) is 0 Å². The summed E-state index contributed by atoms with van der Waals surface area (Å²) in [6.45, 7) is 0.183. The number of nitrogens with one attached hydrogen (secondary N) is 1. The normalized spacial score (nSPS) is 20.4. The second-order valence-corrected chi connectivity index (χ2v) is 8.57. The third-order valence-electron chi connectivity index (χ3n) is 4.71. The van der Waals surface area contributed by atoms with Gasteiger partial charge in [-0.25, -0.2) is 17.2 Å². The van der Waals surface area contributed by atoms with E-state index in [1.54, 1.807) is 18.3 Å². The molecule has 8 heteroatoms. The summed E-state index contributed by atoms with van der Waals surface area (Å²) >= 11 is 0. The molecular formula is C19H22F2N2O3S. The summed E-state index contributed by atoms with van der Waals surface area (Å²) in [5.41, 5.74) is 1.34. The van der Waals surface area contributed by atoms with E-state index in [-0.39, 0.29) is 24.4 Å². The Bertz CT molecular complexity index is 898. The lowest BCUT2D eigenvalue weighted by atomic mass is 9.82. The first kappa shape index (κ1) is 19.7. The van der Waals surface area contributed by atoms with Crippen LogP contribution in [0.5, 0.6) is 0 Å². The van der Waals surface area contributed by atoms with Crippen LogP contribution in [0.25, 0.3) is 0 Å². The van der Waals surface area contributed by atoms with Gasteiger partial charge in [0.1, 0.15) is 11.6 Å². The molecule has 1 aliphatic rings. The minimum atomic E-state index is -3.40. The number of pyridine rings is 1. The van der Waals surface area contributed by atoms with Gasteiger partial charge in [0.25, 0.3) is 0 Å². The molecule has 3 rings (SSSR count). The Kier molecular flexibility index (Phi) is 6.06. The van der Waals surface area contributed by atoms with Gasteiger partial charge in [-0.05, 0) is 67.5 Å². The van der Waals surface area contributed by atoms with E-state index in [0.29, 0.717) is 29.8 Å². The third kappa shape index (κ3) is 5.46. The Morgan fingerprint density at radius 1 is 1.19 bits per heavy atom. The maximum Gasteiger partial charge on any atom is 0.229 e. The van der Waals surface area contributed by atoms with E-state index in [1.165, 1.54) is 12.1 Å². The Balaban J connectivity index is 1.57. The van der Waals surface area contributed by atoms with Gasteiger partial charge >= 0.3 is 0 Å². The average Bonchev–Trinajstić information content (AvgIpc) is 2.62. The smallest absolute Gasteiger partial charge is 0.229 e. The van der Waals surface area contributed by atoms with Crippen molar-refractivity contribution in [2.75, 3.05) is 11.0 Å². The molecule has 2 aromatic rings. The molecule has 0 radical (unpaired) electrons. The first-order valence-corrected chi connectivity index (χ1v) is 10.7. The summed E-state index contributed by atoms with van der Waals surface area (Å²) in [5.74, 6) is -0.811. The molecule has 0 saturated heterocycles. The van der Waals surface area contributed by atoms with Crippen LogP contribution in [0.4, 0.5) is 14.5 Å². The number of halogens is 2. The van der Waals surface area contributed by atoms with Crippen molar-refractivity contribution in [3.63, 3.8) is 0 Å². The molecule has 27 heavy (non-hydrogen) atoms. The molecule has 1 fully saturated rings. The van der Waals surface area contributed by atoms with E-state index < -0.39 is 15.8 Å². The van der Waals surface area contributed by atoms with Crippen molar-refractivity contribution in [3.05, 3.63) is 59.4 Å². The number of aromatic nitrogens is 1. The minimum absolute atomic E-state index is 0.0159. The van der Waals surface area contributed by atoms with E-state index >= 15 is 0 Å². The van der Waals surface area contributed by atoms with E-state index in [0.717, 1.165) is 25.2 Å². The van der Waals surface area contributed by atoms with Crippen LogP contribution >= 0.6 is 0 Å². The molecule has 1 aromatic heterocycles. The number of ether oxygens (including phenoxy) is 1. The highest BCUT2D eigenvalue weighted by Crippen LogP contribution is 2.35. The van der Waals surface area contributed by atoms with Crippen LogP contribution in [-0.4, -0.2) is 25.8 Å². The van der Waals surface area contributed by atoms with E-state index in [1.807, 2.05) is 0 Å². The van der Waals surface area contributed by atoms with Crippen LogP contribution in [0.2, 0.25) is 0 Å². The van der Waals surface area contributed by atoms with E-state index in [2.05, 4.69) is 9.71 Å². The standard InChI is InChI=1S/C19H22F2N2O3S/c1-27(24,25)23-18-3-2-10-22-19(18)12-26-15-7-4-13(5-8-15)16-11-14(20)6-9-17(16)21/h2-3,6,9-11,13,15,23H,4-5,7-8,12H2,1H3/t13-,15+. The molecule has 0 spiro atoms. The fourth-order valence-electron chi connectivity index (χ4n) is 3.41. The number of anilines is 1. The lowest BCUT2D eigenvalue weighted by Crippen LogP contribution is -2.22. The van der Waals surface area contributed by atoms with Gasteiger partial charge in [0.15, 0.2) is 0 Å². The number of nitrogens with zero attached hydrogens (tertiary/aromatic N) is 1. The third-order valence-corrected chi connectivity index (χ3v) is 5.30. The molecule has 0 amide bonds. The van der Waals surface area contributed by atoms with Gasteiger partial charge in [0.05, 0.1) is 30.3 Å². The molecule has 5 nitrogen and oxygen atoms in total. The molecule has 0 aliphatic heterocycles. The lowest BCUT2D eigenvalue weighted by molar-refractivity contribution is 0.0118. The zero-order valence-electron chi connectivity index (χ0n) is 15.0. The zero-order valence-corrected chi connectivity index (χ0v) is 15.8. The molecular weight excluding hydrogens is 374 g/mol. The topological polar surface area (TPSA) is 68.3 Å². The minimum Gasteiger partial charge on any atom is -0.372 e. The van der Waals surface area contributed by atoms with Gasteiger partial charge < -0.3 is 4.74 Å². The van der Waals surface area contributed by atoms with Crippen molar-refractivity contribution in [2.45, 2.75) is 44.3 Å². The number of rotatable bonds is 6. The van der Waals surface area contributed by atoms with Gasteiger partial charge in [0, 0.05) is 6.20 Å². The molecule has 1 aromatic carbocycles. The van der Waals surface area contributed by atoms with Crippen LogP contribution in [0.3, 0.4) is 0 Å². The van der Waals surface area contributed by atoms with Gasteiger partial charge in [-0.15, -0.1) is 0 Å². The number of benzene rings is 1. The Labute approximate surface area is 157 Å². The molecule has 1 saturated carbocycles. The SMILES string of the molecule is CS(=O)(=O)Nc1cccnc1CO[C@H]1CC[C@@H](c2cc(F)ccc2F)CC1. The summed E-state index contributed by atoms with van der Waals surface area (Å²) in [5, 5.41) is 0. The molecule has 146 valence electrons. The van der Waals surface area contributed by atoms with Crippen LogP contribution < -0.4 is 4.72 Å². The van der Waals surface area contributed by atoms with Crippen molar-refractivity contribution in [1.29, 1.82) is 0 Å². The first-order chi connectivity index (χ1) is 12.8. The largest absolute Gasteiger partial charge is 0.372 e. The predicted octanol–water partition coefficient (Wildman–Crippen LogP) is 3.97. The molecule has 0 atom stereocenters. The quantitative estimate of drug-likeness (QED) is 0.802. The molecule has 1 heterocycles. The highest BCUT2D eigenvalue weighted by Gasteiger charge is 2.25. The number of hydrogen-bond donors (Lipinski definition) is 1. The van der Waals surface area contributed by atoms with Gasteiger partial charge in [-0.1, -0.05) is 0 Å². The maximum atomic E-state index is 13.9. The maximum absolute atomic E-state index is 13.9. The summed E-state index contributed by atoms with van der Waals surface area (Å²) in [6.07, 6.45) is 5.51. The van der Waals surface area contributed by atoms with E-state index in [9.17, 15) is 17.2 Å². The van der Waals surface area contributed by atoms with Crippen molar-refractivity contribution in [1.82, 2.24) is 4.98 Å². The zero-order chi connectivity index (χ0) is 19.4. The molecule has 1 N–H and O–H groups in total. The summed E-state index contributed by atoms with van der Waals surface area (Å²) < 4.78 is 58.5. The average molecular weight is 396 g/mol. The van der Waals surface area contributed by atoms with E-state index in [4.69, 9.17) is 4.74 Å². The second kappa shape index (κ2) is 8.31. The number of sulfonamides is 1. The van der Waals surface area contributed by atoms with Crippen LogP contribution in [0.15, 0.2) is 36.5 Å². The molecule has 1 aliphatic carbocycles. The monoisotopic (exact) mass is 396 g/mol.